The van der Waals surface area contributed by atoms with Crippen molar-refractivity contribution in [3.63, 3.8) is 0 Å². The van der Waals surface area contributed by atoms with Gasteiger partial charge in [-0.15, -0.1) is 11.3 Å². The van der Waals surface area contributed by atoms with Crippen molar-refractivity contribution in [2.75, 3.05) is 11.9 Å². The molecule has 0 bridgehead atoms. The lowest BCUT2D eigenvalue weighted by atomic mass is 10.3. The Balaban J connectivity index is 2.20. The molecule has 2 aromatic rings. The van der Waals surface area contributed by atoms with Gasteiger partial charge in [-0.25, -0.2) is 4.98 Å². The van der Waals surface area contributed by atoms with Crippen molar-refractivity contribution in [2.45, 2.75) is 26.8 Å². The summed E-state index contributed by atoms with van der Waals surface area (Å²) in [4.78, 5) is 31.6. The monoisotopic (exact) mass is 343 g/mol. The summed E-state index contributed by atoms with van der Waals surface area (Å²) in [7, 11) is 1.76. The van der Waals surface area contributed by atoms with Gasteiger partial charge in [0, 0.05) is 31.5 Å². The van der Waals surface area contributed by atoms with Crippen LogP contribution in [-0.4, -0.2) is 34.8 Å². The van der Waals surface area contributed by atoms with Crippen molar-refractivity contribution < 1.29 is 9.59 Å². The number of thiazole rings is 1. The van der Waals surface area contributed by atoms with Crippen molar-refractivity contribution in [2.24, 2.45) is 0 Å². The van der Waals surface area contributed by atoms with E-state index in [1.165, 1.54) is 24.3 Å². The maximum Gasteiger partial charge on any atom is 0.246 e. The van der Waals surface area contributed by atoms with Crippen LogP contribution in [0, 0.1) is 0 Å². The molecular formula is C18H21N3O2S. The first-order valence-corrected chi connectivity index (χ1v) is 8.54. The van der Waals surface area contributed by atoms with E-state index in [2.05, 4.69) is 4.98 Å². The molecule has 1 aromatic heterocycles. The second kappa shape index (κ2) is 7.88. The highest BCUT2D eigenvalue weighted by molar-refractivity contribution is 7.14. The zero-order valence-corrected chi connectivity index (χ0v) is 15.1. The van der Waals surface area contributed by atoms with Crippen LogP contribution in [0.25, 0.3) is 6.08 Å². The summed E-state index contributed by atoms with van der Waals surface area (Å²) in [5, 5.41) is 2.41. The minimum atomic E-state index is -0.110. The summed E-state index contributed by atoms with van der Waals surface area (Å²) >= 11 is 1.37. The van der Waals surface area contributed by atoms with Crippen LogP contribution >= 0.6 is 11.3 Å². The van der Waals surface area contributed by atoms with Gasteiger partial charge in [0.1, 0.15) is 0 Å². The van der Waals surface area contributed by atoms with Crippen LogP contribution in [-0.2, 0) is 9.59 Å². The topological polar surface area (TPSA) is 53.5 Å². The highest BCUT2D eigenvalue weighted by Crippen LogP contribution is 2.28. The summed E-state index contributed by atoms with van der Waals surface area (Å²) in [6.07, 6.45) is 3.17. The Labute approximate surface area is 146 Å². The molecular weight excluding hydrogens is 322 g/mol. The first-order valence-electron chi connectivity index (χ1n) is 7.66. The molecule has 0 saturated heterocycles. The molecule has 0 aliphatic carbocycles. The Kier molecular flexibility index (Phi) is 5.87. The van der Waals surface area contributed by atoms with Crippen molar-refractivity contribution in [3.8, 4) is 0 Å². The second-order valence-corrected chi connectivity index (χ2v) is 6.46. The number of nitrogens with zero attached hydrogens (tertiary/aromatic N) is 3. The molecule has 1 aromatic carbocycles. The summed E-state index contributed by atoms with van der Waals surface area (Å²) < 4.78 is 0. The fourth-order valence-electron chi connectivity index (χ4n) is 1.99. The molecule has 2 rings (SSSR count). The predicted molar refractivity (Wildman–Crippen MR) is 98.3 cm³/mol. The standard InChI is InChI=1S/C18H21N3O2S/c1-13(2)20(4)17(23)11-10-15-12-24-18(19-15)21(14(3)22)16-8-6-5-7-9-16/h5-13H,1-4H3/b11-10+. The maximum absolute atomic E-state index is 12.0. The number of likely N-dealkylation sites (N-methyl/N-ethyl adjacent to an activating group) is 1. The van der Waals surface area contributed by atoms with Crippen LogP contribution in [0.2, 0.25) is 0 Å². The Morgan fingerprint density at radius 2 is 1.88 bits per heavy atom. The molecule has 5 nitrogen and oxygen atoms in total. The zero-order chi connectivity index (χ0) is 17.7. The highest BCUT2D eigenvalue weighted by atomic mass is 32.1. The number of hydrogen-bond donors (Lipinski definition) is 0. The summed E-state index contributed by atoms with van der Waals surface area (Å²) in [6.45, 7) is 5.42. The molecule has 24 heavy (non-hydrogen) atoms. The number of carbonyl (C=O) groups excluding carboxylic acids is 2. The van der Waals surface area contributed by atoms with Crippen LogP contribution in [0.4, 0.5) is 10.8 Å². The van der Waals surface area contributed by atoms with Gasteiger partial charge in [0.25, 0.3) is 0 Å². The minimum absolute atomic E-state index is 0.0777. The Morgan fingerprint density at radius 1 is 1.21 bits per heavy atom. The number of rotatable bonds is 5. The van der Waals surface area contributed by atoms with Crippen LogP contribution in [0.15, 0.2) is 41.8 Å². The molecule has 0 aliphatic rings. The van der Waals surface area contributed by atoms with Crippen molar-refractivity contribution in [1.82, 2.24) is 9.88 Å². The van der Waals surface area contributed by atoms with Gasteiger partial charge in [-0.3, -0.25) is 14.5 Å². The fraction of sp³-hybridized carbons (Fsp3) is 0.278. The van der Waals surface area contributed by atoms with Crippen LogP contribution < -0.4 is 4.90 Å². The molecule has 0 spiro atoms. The molecule has 0 saturated carbocycles. The molecule has 6 heteroatoms. The summed E-state index contributed by atoms with van der Waals surface area (Å²) in [5.74, 6) is -0.187. The average molecular weight is 343 g/mol. The molecule has 0 radical (unpaired) electrons. The fourth-order valence-corrected chi connectivity index (χ4v) is 2.84. The van der Waals surface area contributed by atoms with Crippen molar-refractivity contribution >= 4 is 40.0 Å². The number of anilines is 2. The van der Waals surface area contributed by atoms with E-state index in [0.717, 1.165) is 5.69 Å². The van der Waals surface area contributed by atoms with Crippen LogP contribution in [0.5, 0.6) is 0 Å². The molecule has 0 unspecified atom stereocenters. The summed E-state index contributed by atoms with van der Waals surface area (Å²) in [6, 6.07) is 9.51. The average Bonchev–Trinajstić information content (AvgIpc) is 3.01. The first kappa shape index (κ1) is 17.9. The Hall–Kier alpha value is -2.47. The zero-order valence-electron chi connectivity index (χ0n) is 14.3. The third-order valence-corrected chi connectivity index (χ3v) is 4.39. The van der Waals surface area contributed by atoms with E-state index in [9.17, 15) is 9.59 Å². The van der Waals surface area contributed by atoms with Crippen LogP contribution in [0.1, 0.15) is 26.5 Å². The number of hydrogen-bond acceptors (Lipinski definition) is 4. The number of benzene rings is 1. The Bertz CT molecular complexity index is 738. The Morgan fingerprint density at radius 3 is 2.46 bits per heavy atom. The largest absolute Gasteiger partial charge is 0.340 e. The van der Waals surface area contributed by atoms with E-state index in [1.807, 2.05) is 49.6 Å². The summed E-state index contributed by atoms with van der Waals surface area (Å²) in [5.41, 5.74) is 1.42. The van der Waals surface area contributed by atoms with E-state index in [4.69, 9.17) is 0 Å². The van der Waals surface area contributed by atoms with Crippen LogP contribution in [0.3, 0.4) is 0 Å². The number of amides is 2. The molecule has 0 fully saturated rings. The molecule has 0 aliphatic heterocycles. The first-order chi connectivity index (χ1) is 11.4. The second-order valence-electron chi connectivity index (χ2n) is 5.62. The van der Waals surface area contributed by atoms with Gasteiger partial charge in [0.2, 0.25) is 11.8 Å². The number of carbonyl (C=O) groups is 2. The number of aromatic nitrogens is 1. The SMILES string of the molecule is CC(=O)N(c1ccccc1)c1nc(/C=C/C(=O)N(C)C(C)C)cs1. The third-order valence-electron chi connectivity index (χ3n) is 3.55. The molecule has 2 amide bonds. The lowest BCUT2D eigenvalue weighted by Gasteiger charge is -2.19. The van der Waals surface area contributed by atoms with Crippen molar-refractivity contribution in [1.29, 1.82) is 0 Å². The van der Waals surface area contributed by atoms with E-state index in [-0.39, 0.29) is 17.9 Å². The third kappa shape index (κ3) is 4.29. The molecule has 0 N–H and O–H groups in total. The van der Waals surface area contributed by atoms with Gasteiger partial charge in [-0.05, 0) is 32.1 Å². The minimum Gasteiger partial charge on any atom is -0.340 e. The van der Waals surface area contributed by atoms with E-state index in [1.54, 1.807) is 22.9 Å². The van der Waals surface area contributed by atoms with E-state index < -0.39 is 0 Å². The van der Waals surface area contributed by atoms with E-state index >= 15 is 0 Å². The predicted octanol–water partition coefficient (Wildman–Crippen LogP) is 3.71. The van der Waals surface area contributed by atoms with Gasteiger partial charge >= 0.3 is 0 Å². The van der Waals surface area contributed by atoms with E-state index in [0.29, 0.717) is 10.8 Å². The maximum atomic E-state index is 12.0. The van der Waals surface area contributed by atoms with Gasteiger partial charge < -0.3 is 4.90 Å². The lowest BCUT2D eigenvalue weighted by molar-refractivity contribution is -0.126. The molecule has 1 heterocycles. The van der Waals surface area contributed by atoms with Gasteiger partial charge in [-0.2, -0.15) is 0 Å². The smallest absolute Gasteiger partial charge is 0.246 e. The quantitative estimate of drug-likeness (QED) is 0.778. The molecule has 126 valence electrons. The highest BCUT2D eigenvalue weighted by Gasteiger charge is 2.17. The van der Waals surface area contributed by atoms with Gasteiger partial charge in [-0.1, -0.05) is 18.2 Å². The lowest BCUT2D eigenvalue weighted by Crippen LogP contribution is -2.31. The normalized spacial score (nSPS) is 11.0. The molecule has 0 atom stereocenters. The number of para-hydroxylation sites is 1. The van der Waals surface area contributed by atoms with Crippen molar-refractivity contribution in [3.05, 3.63) is 47.5 Å². The van der Waals surface area contributed by atoms with Gasteiger partial charge in [0.05, 0.1) is 11.4 Å². The van der Waals surface area contributed by atoms with Gasteiger partial charge in [0.15, 0.2) is 5.13 Å².